The molecular formula is C33H42O17S. The summed E-state index contributed by atoms with van der Waals surface area (Å²) in [7, 11) is 0. The summed E-state index contributed by atoms with van der Waals surface area (Å²) in [6, 6.07) is 8.94. The van der Waals surface area contributed by atoms with Gasteiger partial charge in [-0.05, 0) is 5.56 Å². The Labute approximate surface area is 298 Å². The van der Waals surface area contributed by atoms with E-state index < -0.39 is 115 Å². The van der Waals surface area contributed by atoms with Crippen molar-refractivity contribution in [1.82, 2.24) is 0 Å². The third-order valence-electron chi connectivity index (χ3n) is 7.14. The summed E-state index contributed by atoms with van der Waals surface area (Å²) in [5, 5.41) is -1.17. The monoisotopic (exact) mass is 742 g/mol. The average Bonchev–Trinajstić information content (AvgIpc) is 3.02. The first-order chi connectivity index (χ1) is 24.0. The molecule has 0 unspecified atom stereocenters. The molecule has 1 aromatic carbocycles. The minimum Gasteiger partial charge on any atom is -0.463 e. The van der Waals surface area contributed by atoms with Crippen LogP contribution in [-0.2, 0) is 87.5 Å². The van der Waals surface area contributed by atoms with E-state index in [1.165, 1.54) is 6.92 Å². The highest BCUT2D eigenvalue weighted by atomic mass is 32.2. The first-order valence-corrected chi connectivity index (χ1v) is 16.7. The predicted molar refractivity (Wildman–Crippen MR) is 171 cm³/mol. The van der Waals surface area contributed by atoms with Crippen molar-refractivity contribution in [3.63, 3.8) is 0 Å². The molecule has 0 saturated carbocycles. The Bertz CT molecular complexity index is 1400. The molecule has 0 spiro atoms. The molecule has 18 heteroatoms. The number of rotatable bonds is 14. The van der Waals surface area contributed by atoms with Crippen molar-refractivity contribution in [2.45, 2.75) is 115 Å². The number of esters is 7. The van der Waals surface area contributed by atoms with Crippen molar-refractivity contribution >= 4 is 53.5 Å². The van der Waals surface area contributed by atoms with Crippen LogP contribution in [0.5, 0.6) is 0 Å². The van der Waals surface area contributed by atoms with Crippen LogP contribution in [0.3, 0.4) is 0 Å². The van der Waals surface area contributed by atoms with E-state index in [2.05, 4.69) is 0 Å². The summed E-state index contributed by atoms with van der Waals surface area (Å²) in [6.45, 7) is 6.86. The van der Waals surface area contributed by atoms with E-state index in [4.69, 9.17) is 47.4 Å². The lowest BCUT2D eigenvalue weighted by molar-refractivity contribution is -0.266. The Hall–Kier alpha value is -4.26. The largest absolute Gasteiger partial charge is 0.463 e. The van der Waals surface area contributed by atoms with Gasteiger partial charge < -0.3 is 47.4 Å². The molecule has 17 nitrogen and oxygen atoms in total. The average molecular weight is 743 g/mol. The van der Waals surface area contributed by atoms with Crippen LogP contribution < -0.4 is 0 Å². The number of carbonyl (C=O) groups excluding carboxylic acids is 7. The number of ether oxygens (including phenoxy) is 10. The molecule has 0 N–H and O–H groups in total. The molecule has 3 rings (SSSR count). The van der Waals surface area contributed by atoms with Gasteiger partial charge in [-0.2, -0.15) is 0 Å². The van der Waals surface area contributed by atoms with E-state index in [9.17, 15) is 33.6 Å². The van der Waals surface area contributed by atoms with Crippen molar-refractivity contribution in [1.29, 1.82) is 0 Å². The van der Waals surface area contributed by atoms with Crippen LogP contribution in [0.15, 0.2) is 30.3 Å². The third kappa shape index (κ3) is 12.8. The Balaban J connectivity index is 2.16. The maximum absolute atomic E-state index is 12.6. The molecule has 2 saturated heterocycles. The predicted octanol–water partition coefficient (Wildman–Crippen LogP) is 1.54. The smallest absolute Gasteiger partial charge is 0.303 e. The molecular weight excluding hydrogens is 700 g/mol. The molecule has 0 amide bonds. The second-order valence-electron chi connectivity index (χ2n) is 11.5. The topological polar surface area (TPSA) is 212 Å². The van der Waals surface area contributed by atoms with Crippen LogP contribution in [0.4, 0.5) is 0 Å². The summed E-state index contributed by atoms with van der Waals surface area (Å²) in [4.78, 5) is 85.5. The lowest BCUT2D eigenvalue weighted by Gasteiger charge is -2.48. The van der Waals surface area contributed by atoms with E-state index in [1.807, 2.05) is 0 Å². The molecule has 0 aliphatic carbocycles. The van der Waals surface area contributed by atoms with E-state index in [-0.39, 0.29) is 6.61 Å². The highest BCUT2D eigenvalue weighted by Crippen LogP contribution is 2.42. The number of hydrogen-bond acceptors (Lipinski definition) is 18. The van der Waals surface area contributed by atoms with Gasteiger partial charge in [0.15, 0.2) is 36.8 Å². The first kappa shape index (κ1) is 41.2. The molecule has 0 radical (unpaired) electrons. The zero-order valence-electron chi connectivity index (χ0n) is 29.1. The minimum absolute atomic E-state index is 0.0353. The zero-order chi connectivity index (χ0) is 37.8. The van der Waals surface area contributed by atoms with Crippen LogP contribution in [0.2, 0.25) is 0 Å². The summed E-state index contributed by atoms with van der Waals surface area (Å²) in [6.07, 6.45) is -11.0. The summed E-state index contributed by atoms with van der Waals surface area (Å²) >= 11 is 0.834. The van der Waals surface area contributed by atoms with Crippen LogP contribution in [0.1, 0.15) is 54.0 Å². The van der Waals surface area contributed by atoms with Gasteiger partial charge in [0.25, 0.3) is 0 Å². The van der Waals surface area contributed by atoms with E-state index >= 15 is 0 Å². The van der Waals surface area contributed by atoms with Gasteiger partial charge in [-0.25, -0.2) is 0 Å². The van der Waals surface area contributed by atoms with Crippen molar-refractivity contribution < 1.29 is 80.9 Å². The van der Waals surface area contributed by atoms with Crippen molar-refractivity contribution in [3.8, 4) is 0 Å². The van der Waals surface area contributed by atoms with Gasteiger partial charge in [-0.1, -0.05) is 30.3 Å². The molecule has 2 heterocycles. The van der Waals surface area contributed by atoms with E-state index in [0.717, 1.165) is 58.9 Å². The Morgan fingerprint density at radius 3 is 1.47 bits per heavy atom. The second kappa shape index (κ2) is 19.4. The van der Waals surface area contributed by atoms with Gasteiger partial charge in [-0.3, -0.25) is 33.6 Å². The molecule has 0 aromatic heterocycles. The Kier molecular flexibility index (Phi) is 15.6. The SMILES string of the molecule is CC(=O)OC[C@H]1O[C@H](S[C@H]2[C@H](OCc3ccccc3)O[C@H](COC(C)=O)[C@@H](OC(C)=O)[C@@H]2OC(C)=O)[C@H](OC(C)=O)[C@@H](OC(C)=O)[C@@H]1OC(C)=O. The number of benzene rings is 1. The third-order valence-corrected chi connectivity index (χ3v) is 8.60. The van der Waals surface area contributed by atoms with Gasteiger partial charge in [0, 0.05) is 48.5 Å². The van der Waals surface area contributed by atoms with Crippen LogP contribution in [-0.4, -0.2) is 115 Å². The molecule has 1 aromatic rings. The van der Waals surface area contributed by atoms with Gasteiger partial charge in [0.05, 0.1) is 11.9 Å². The Morgan fingerprint density at radius 1 is 0.549 bits per heavy atom. The fraction of sp³-hybridized carbons (Fsp3) is 0.606. The van der Waals surface area contributed by atoms with E-state index in [1.54, 1.807) is 30.3 Å². The maximum atomic E-state index is 12.6. The molecule has 2 aliphatic rings. The highest BCUT2D eigenvalue weighted by molar-refractivity contribution is 8.00. The lowest BCUT2D eigenvalue weighted by Crippen LogP contribution is -2.64. The minimum atomic E-state index is -1.50. The van der Waals surface area contributed by atoms with Crippen molar-refractivity contribution in [2.75, 3.05) is 13.2 Å². The van der Waals surface area contributed by atoms with Crippen LogP contribution >= 0.6 is 11.8 Å². The van der Waals surface area contributed by atoms with Crippen LogP contribution in [0, 0.1) is 0 Å². The highest BCUT2D eigenvalue weighted by Gasteiger charge is 2.57. The first-order valence-electron chi connectivity index (χ1n) is 15.8. The number of carbonyl (C=O) groups is 7. The fourth-order valence-electron chi connectivity index (χ4n) is 5.36. The van der Waals surface area contributed by atoms with Crippen LogP contribution in [0.25, 0.3) is 0 Å². The maximum Gasteiger partial charge on any atom is 0.303 e. The quantitative estimate of drug-likeness (QED) is 0.195. The van der Waals surface area contributed by atoms with Gasteiger partial charge in [0.1, 0.15) is 30.9 Å². The Morgan fingerprint density at radius 2 is 0.980 bits per heavy atom. The van der Waals surface area contributed by atoms with Gasteiger partial charge in [-0.15, -0.1) is 11.8 Å². The van der Waals surface area contributed by atoms with Gasteiger partial charge >= 0.3 is 41.8 Å². The summed E-state index contributed by atoms with van der Waals surface area (Å²) < 4.78 is 57.0. The molecule has 51 heavy (non-hydrogen) atoms. The fourth-order valence-corrected chi connectivity index (χ4v) is 6.87. The molecule has 0 bridgehead atoms. The molecule has 2 aliphatic heterocycles. The van der Waals surface area contributed by atoms with E-state index in [0.29, 0.717) is 0 Å². The molecule has 10 atom stereocenters. The number of thioether (sulfide) groups is 1. The summed E-state index contributed by atoms with van der Waals surface area (Å²) in [5.41, 5.74) is -0.636. The van der Waals surface area contributed by atoms with Crippen molar-refractivity contribution in [3.05, 3.63) is 35.9 Å². The molecule has 282 valence electrons. The van der Waals surface area contributed by atoms with Crippen molar-refractivity contribution in [2.24, 2.45) is 0 Å². The second-order valence-corrected chi connectivity index (χ2v) is 12.7. The zero-order valence-corrected chi connectivity index (χ0v) is 29.9. The lowest BCUT2D eigenvalue weighted by atomic mass is 9.99. The number of hydrogen-bond donors (Lipinski definition) is 0. The normalized spacial score (nSPS) is 28.7. The standard InChI is InChI=1S/C33H42O17S/c1-16(34)41-14-24-27(45-19(4)37)29(47-21(6)39)31(32(49-24)43-13-23-11-9-8-10-12-23)51-33-30(48-22(7)40)28(46-20(5)38)26(44-18(3)36)25(50-33)15-42-17(2)35/h8-12,24-33H,13-15H2,1-7H3/t24-,25-,26-,27-,28+,29+,30-,31-,32-,33-/m1/s1. The molecule has 2 fully saturated rings. The van der Waals surface area contributed by atoms with Gasteiger partial charge in [0.2, 0.25) is 0 Å². The summed E-state index contributed by atoms with van der Waals surface area (Å²) in [5.74, 6) is -5.43.